The molecular formula is C21H26N4O2. The van der Waals surface area contributed by atoms with Gasteiger partial charge in [0.1, 0.15) is 0 Å². The summed E-state index contributed by atoms with van der Waals surface area (Å²) in [6.07, 6.45) is 4.64. The summed E-state index contributed by atoms with van der Waals surface area (Å²) in [6, 6.07) is 9.61. The number of anilines is 1. The summed E-state index contributed by atoms with van der Waals surface area (Å²) in [5.74, 6) is 0.745. The Hall–Kier alpha value is -2.47. The van der Waals surface area contributed by atoms with Gasteiger partial charge in [0.05, 0.1) is 11.8 Å². The zero-order chi connectivity index (χ0) is 18.6. The van der Waals surface area contributed by atoms with E-state index in [4.69, 9.17) is 9.72 Å². The van der Waals surface area contributed by atoms with Crippen LogP contribution in [0.5, 0.6) is 0 Å². The molecule has 2 saturated heterocycles. The van der Waals surface area contributed by atoms with E-state index < -0.39 is 0 Å². The lowest BCUT2D eigenvalue weighted by Crippen LogP contribution is -2.31. The Labute approximate surface area is 160 Å². The van der Waals surface area contributed by atoms with Crippen molar-refractivity contribution in [2.75, 3.05) is 31.1 Å². The van der Waals surface area contributed by atoms with Gasteiger partial charge in [-0.1, -0.05) is 12.1 Å². The predicted octanol–water partition coefficient (Wildman–Crippen LogP) is 2.96. The van der Waals surface area contributed by atoms with Gasteiger partial charge in [-0.15, -0.1) is 0 Å². The van der Waals surface area contributed by atoms with Crippen molar-refractivity contribution in [2.45, 2.75) is 38.7 Å². The highest BCUT2D eigenvalue weighted by molar-refractivity contribution is 5.94. The van der Waals surface area contributed by atoms with Crippen LogP contribution in [0.4, 0.5) is 5.95 Å². The smallest absolute Gasteiger partial charge is 0.251 e. The highest BCUT2D eigenvalue weighted by Gasteiger charge is 2.18. The minimum absolute atomic E-state index is 0.0614. The molecule has 1 unspecified atom stereocenters. The van der Waals surface area contributed by atoms with E-state index in [1.807, 2.05) is 37.3 Å². The maximum absolute atomic E-state index is 12.3. The van der Waals surface area contributed by atoms with E-state index in [0.717, 1.165) is 55.4 Å². The third kappa shape index (κ3) is 4.27. The SMILES string of the molecule is Cc1cc(-c2ccc(C(=O)NCC3CCCO3)cc2)nc(N2CCCC2)n1. The molecule has 1 amide bonds. The highest BCUT2D eigenvalue weighted by atomic mass is 16.5. The van der Waals surface area contributed by atoms with Crippen LogP contribution in [-0.4, -0.2) is 48.2 Å². The molecule has 6 heteroatoms. The summed E-state index contributed by atoms with van der Waals surface area (Å²) < 4.78 is 5.55. The van der Waals surface area contributed by atoms with Gasteiger partial charge < -0.3 is 15.0 Å². The maximum Gasteiger partial charge on any atom is 0.251 e. The van der Waals surface area contributed by atoms with Crippen molar-refractivity contribution >= 4 is 11.9 Å². The molecule has 2 aromatic rings. The first-order valence-electron chi connectivity index (χ1n) is 9.80. The fourth-order valence-electron chi connectivity index (χ4n) is 3.67. The minimum Gasteiger partial charge on any atom is -0.376 e. The molecule has 1 aromatic carbocycles. The Bertz CT molecular complexity index is 794. The van der Waals surface area contributed by atoms with Crippen LogP contribution < -0.4 is 10.2 Å². The summed E-state index contributed by atoms with van der Waals surface area (Å²) in [5.41, 5.74) is 3.51. The summed E-state index contributed by atoms with van der Waals surface area (Å²) >= 11 is 0. The minimum atomic E-state index is -0.0614. The molecule has 2 fully saturated rings. The third-order valence-electron chi connectivity index (χ3n) is 5.19. The van der Waals surface area contributed by atoms with E-state index in [9.17, 15) is 4.79 Å². The Morgan fingerprint density at radius 2 is 1.96 bits per heavy atom. The van der Waals surface area contributed by atoms with Crippen molar-refractivity contribution in [2.24, 2.45) is 0 Å². The topological polar surface area (TPSA) is 67.3 Å². The molecule has 0 bridgehead atoms. The molecular weight excluding hydrogens is 340 g/mol. The number of ether oxygens (including phenoxy) is 1. The lowest BCUT2D eigenvalue weighted by atomic mass is 10.1. The predicted molar refractivity (Wildman–Crippen MR) is 105 cm³/mol. The summed E-state index contributed by atoms with van der Waals surface area (Å²) in [6.45, 7) is 5.41. The van der Waals surface area contributed by atoms with Gasteiger partial charge in [-0.2, -0.15) is 0 Å². The van der Waals surface area contributed by atoms with Crippen LogP contribution in [0.15, 0.2) is 30.3 Å². The number of rotatable bonds is 5. The van der Waals surface area contributed by atoms with Gasteiger partial charge in [0, 0.05) is 43.1 Å². The van der Waals surface area contributed by atoms with Crippen molar-refractivity contribution in [1.82, 2.24) is 15.3 Å². The Kier molecular flexibility index (Phi) is 5.34. The lowest BCUT2D eigenvalue weighted by molar-refractivity contribution is 0.0858. The maximum atomic E-state index is 12.3. The van der Waals surface area contributed by atoms with Crippen LogP contribution in [0.2, 0.25) is 0 Å². The quantitative estimate of drug-likeness (QED) is 0.881. The van der Waals surface area contributed by atoms with Crippen molar-refractivity contribution < 1.29 is 9.53 Å². The molecule has 0 aliphatic carbocycles. The van der Waals surface area contributed by atoms with Crippen LogP contribution in [-0.2, 0) is 4.74 Å². The van der Waals surface area contributed by atoms with Crippen LogP contribution >= 0.6 is 0 Å². The van der Waals surface area contributed by atoms with Crippen LogP contribution in [0.1, 0.15) is 41.7 Å². The molecule has 2 aliphatic rings. The molecule has 0 saturated carbocycles. The standard InChI is InChI=1S/C21H26N4O2/c1-15-13-19(24-21(23-15)25-10-2-3-11-25)16-6-8-17(9-7-16)20(26)22-14-18-5-4-12-27-18/h6-9,13,18H,2-5,10-12,14H2,1H3,(H,22,26). The van der Waals surface area contributed by atoms with Gasteiger partial charge in [0.25, 0.3) is 5.91 Å². The Morgan fingerprint density at radius 3 is 2.67 bits per heavy atom. The van der Waals surface area contributed by atoms with Crippen molar-refractivity contribution in [3.63, 3.8) is 0 Å². The second kappa shape index (κ2) is 8.05. The van der Waals surface area contributed by atoms with E-state index in [1.54, 1.807) is 0 Å². The van der Waals surface area contributed by atoms with E-state index in [0.29, 0.717) is 12.1 Å². The number of hydrogen-bond donors (Lipinski definition) is 1. The molecule has 0 spiro atoms. The van der Waals surface area contributed by atoms with Crippen molar-refractivity contribution in [1.29, 1.82) is 0 Å². The molecule has 1 aromatic heterocycles. The zero-order valence-electron chi connectivity index (χ0n) is 15.8. The van der Waals surface area contributed by atoms with Gasteiger partial charge in [0.2, 0.25) is 5.95 Å². The van der Waals surface area contributed by atoms with Crippen molar-refractivity contribution in [3.05, 3.63) is 41.6 Å². The number of carbonyl (C=O) groups is 1. The molecule has 1 atom stereocenters. The number of benzene rings is 1. The molecule has 3 heterocycles. The fourth-order valence-corrected chi connectivity index (χ4v) is 3.67. The van der Waals surface area contributed by atoms with E-state index in [-0.39, 0.29) is 12.0 Å². The molecule has 0 radical (unpaired) electrons. The number of amides is 1. The lowest BCUT2D eigenvalue weighted by Gasteiger charge is -2.16. The number of nitrogens with zero attached hydrogens (tertiary/aromatic N) is 3. The first-order valence-corrected chi connectivity index (χ1v) is 9.80. The summed E-state index contributed by atoms with van der Waals surface area (Å²) in [5, 5.41) is 2.96. The van der Waals surface area contributed by atoms with E-state index >= 15 is 0 Å². The van der Waals surface area contributed by atoms with Gasteiger partial charge in [-0.25, -0.2) is 9.97 Å². The fraction of sp³-hybridized carbons (Fsp3) is 0.476. The van der Waals surface area contributed by atoms with Gasteiger partial charge in [-0.3, -0.25) is 4.79 Å². The highest BCUT2D eigenvalue weighted by Crippen LogP contribution is 2.23. The van der Waals surface area contributed by atoms with Gasteiger partial charge in [-0.05, 0) is 50.8 Å². The van der Waals surface area contributed by atoms with Crippen LogP contribution in [0, 0.1) is 6.92 Å². The van der Waals surface area contributed by atoms with Crippen LogP contribution in [0.3, 0.4) is 0 Å². The monoisotopic (exact) mass is 366 g/mol. The van der Waals surface area contributed by atoms with Crippen molar-refractivity contribution in [3.8, 4) is 11.3 Å². The third-order valence-corrected chi connectivity index (χ3v) is 5.19. The first kappa shape index (κ1) is 17.9. The zero-order valence-corrected chi connectivity index (χ0v) is 15.8. The summed E-state index contributed by atoms with van der Waals surface area (Å²) in [4.78, 5) is 23.9. The number of hydrogen-bond acceptors (Lipinski definition) is 5. The Balaban J connectivity index is 1.46. The first-order chi connectivity index (χ1) is 13.2. The largest absolute Gasteiger partial charge is 0.376 e. The Morgan fingerprint density at radius 1 is 1.19 bits per heavy atom. The molecule has 142 valence electrons. The van der Waals surface area contributed by atoms with E-state index in [2.05, 4.69) is 15.2 Å². The normalized spacial score (nSPS) is 19.4. The van der Waals surface area contributed by atoms with Gasteiger partial charge in [0.15, 0.2) is 0 Å². The molecule has 27 heavy (non-hydrogen) atoms. The molecule has 4 rings (SSSR count). The average molecular weight is 366 g/mol. The average Bonchev–Trinajstić information content (AvgIpc) is 3.39. The number of aromatic nitrogens is 2. The second-order valence-electron chi connectivity index (χ2n) is 7.31. The molecule has 1 N–H and O–H groups in total. The number of carbonyl (C=O) groups excluding carboxylic acids is 1. The number of aryl methyl sites for hydroxylation is 1. The molecule has 2 aliphatic heterocycles. The van der Waals surface area contributed by atoms with Crippen LogP contribution in [0.25, 0.3) is 11.3 Å². The second-order valence-corrected chi connectivity index (χ2v) is 7.31. The number of nitrogens with one attached hydrogen (secondary N) is 1. The summed E-state index contributed by atoms with van der Waals surface area (Å²) in [7, 11) is 0. The molecule has 6 nitrogen and oxygen atoms in total. The van der Waals surface area contributed by atoms with Gasteiger partial charge >= 0.3 is 0 Å². The van der Waals surface area contributed by atoms with E-state index in [1.165, 1.54) is 12.8 Å².